The second kappa shape index (κ2) is 5.34. The topological polar surface area (TPSA) is 44.9 Å². The van der Waals surface area contributed by atoms with Crippen LogP contribution in [-0.4, -0.2) is 34.6 Å². The lowest BCUT2D eigenvalue weighted by Gasteiger charge is -2.30. The van der Waals surface area contributed by atoms with E-state index in [9.17, 15) is 0 Å². The van der Waals surface area contributed by atoms with E-state index in [0.29, 0.717) is 12.3 Å². The molecule has 19 heavy (non-hydrogen) atoms. The first-order valence-electron chi connectivity index (χ1n) is 7.43. The summed E-state index contributed by atoms with van der Waals surface area (Å²) in [5.74, 6) is 1.81. The van der Waals surface area contributed by atoms with Crippen LogP contribution in [0.5, 0.6) is 0 Å². The van der Waals surface area contributed by atoms with Gasteiger partial charge in [-0.15, -0.1) is 0 Å². The van der Waals surface area contributed by atoms with Crippen LogP contribution < -0.4 is 0 Å². The van der Waals surface area contributed by atoms with Crippen molar-refractivity contribution in [2.45, 2.75) is 51.0 Å². The van der Waals surface area contributed by atoms with Crippen molar-refractivity contribution in [2.24, 2.45) is 0 Å². The van der Waals surface area contributed by atoms with Crippen LogP contribution in [0.1, 0.15) is 48.8 Å². The van der Waals surface area contributed by atoms with Crippen LogP contribution in [0.3, 0.4) is 0 Å². The quantitative estimate of drug-likeness (QED) is 0.816. The zero-order valence-electron chi connectivity index (χ0n) is 11.7. The smallest absolute Gasteiger partial charge is 0.113 e. The molecule has 3 heterocycles. The number of nitrogens with zero attached hydrogens (tertiary/aromatic N) is 4. The lowest BCUT2D eigenvalue weighted by molar-refractivity contribution is 0.242. The molecule has 0 spiro atoms. The summed E-state index contributed by atoms with van der Waals surface area (Å²) in [7, 11) is 2.20. The fraction of sp³-hybridized carbons (Fsp3) is 0.733. The minimum atomic E-state index is 0.470. The molecule has 1 fully saturated rings. The van der Waals surface area contributed by atoms with E-state index in [0.717, 1.165) is 25.2 Å². The molecule has 2 aliphatic heterocycles. The Morgan fingerprint density at radius 3 is 3.00 bits per heavy atom. The average Bonchev–Trinajstić information content (AvgIpc) is 2.79. The van der Waals surface area contributed by atoms with E-state index in [-0.39, 0.29) is 0 Å². The Bertz CT molecular complexity index is 497. The molecule has 1 saturated heterocycles. The highest BCUT2D eigenvalue weighted by atomic mass is 15.1. The second-order valence-corrected chi connectivity index (χ2v) is 5.91. The van der Waals surface area contributed by atoms with Crippen molar-refractivity contribution in [1.29, 1.82) is 5.26 Å². The number of likely N-dealkylation sites (N-methyl/N-ethyl adjacent to an activating group) is 1. The molecule has 0 aliphatic carbocycles. The molecular weight excluding hydrogens is 236 g/mol. The Morgan fingerprint density at radius 2 is 2.21 bits per heavy atom. The normalized spacial score (nSPS) is 23.9. The summed E-state index contributed by atoms with van der Waals surface area (Å²) in [6, 6.07) is 2.27. The Morgan fingerprint density at radius 1 is 1.32 bits per heavy atom. The monoisotopic (exact) mass is 258 g/mol. The van der Waals surface area contributed by atoms with Gasteiger partial charge in [0.15, 0.2) is 0 Å². The van der Waals surface area contributed by atoms with E-state index < -0.39 is 0 Å². The number of hydrogen-bond donors (Lipinski definition) is 0. The first-order valence-corrected chi connectivity index (χ1v) is 7.43. The summed E-state index contributed by atoms with van der Waals surface area (Å²) in [6.07, 6.45) is 6.58. The van der Waals surface area contributed by atoms with Crippen LogP contribution in [0.25, 0.3) is 0 Å². The molecule has 0 N–H and O–H groups in total. The summed E-state index contributed by atoms with van der Waals surface area (Å²) in [5.41, 5.74) is 2.39. The van der Waals surface area contributed by atoms with E-state index in [4.69, 9.17) is 10.2 Å². The van der Waals surface area contributed by atoms with Gasteiger partial charge in [0.05, 0.1) is 18.2 Å². The van der Waals surface area contributed by atoms with Gasteiger partial charge in [-0.3, -0.25) is 0 Å². The molecule has 0 radical (unpaired) electrons. The zero-order chi connectivity index (χ0) is 13.2. The van der Waals surface area contributed by atoms with Crippen LogP contribution in [-0.2, 0) is 19.4 Å². The third-order valence-corrected chi connectivity index (χ3v) is 4.47. The van der Waals surface area contributed by atoms with Gasteiger partial charge < -0.3 is 9.47 Å². The van der Waals surface area contributed by atoms with Crippen LogP contribution in [0.4, 0.5) is 0 Å². The van der Waals surface area contributed by atoms with Gasteiger partial charge in [-0.25, -0.2) is 4.98 Å². The van der Waals surface area contributed by atoms with Crippen LogP contribution in [0.2, 0.25) is 0 Å². The molecular formula is C15H22N4. The molecule has 4 heteroatoms. The SMILES string of the molecule is CN1CCCC(c2nc(CC#N)c3n2CCCC3)C1. The molecule has 3 rings (SSSR count). The maximum absolute atomic E-state index is 8.98. The number of likely N-dealkylation sites (tertiary alicyclic amines) is 1. The van der Waals surface area contributed by atoms with Gasteiger partial charge >= 0.3 is 0 Å². The molecule has 1 aromatic heterocycles. The summed E-state index contributed by atoms with van der Waals surface area (Å²) in [4.78, 5) is 7.26. The number of imidazole rings is 1. The molecule has 0 bridgehead atoms. The fourth-order valence-corrected chi connectivity index (χ4v) is 3.55. The maximum atomic E-state index is 8.98. The Labute approximate surface area is 115 Å². The summed E-state index contributed by atoms with van der Waals surface area (Å²) in [6.45, 7) is 3.42. The number of rotatable bonds is 2. The van der Waals surface area contributed by atoms with Crippen LogP contribution in [0.15, 0.2) is 0 Å². The Balaban J connectivity index is 1.94. The lowest BCUT2D eigenvalue weighted by Crippen LogP contribution is -2.32. The summed E-state index contributed by atoms with van der Waals surface area (Å²) >= 11 is 0. The summed E-state index contributed by atoms with van der Waals surface area (Å²) in [5, 5.41) is 8.98. The van der Waals surface area contributed by atoms with E-state index in [1.807, 2.05) is 0 Å². The van der Waals surface area contributed by atoms with Crippen molar-refractivity contribution < 1.29 is 0 Å². The summed E-state index contributed by atoms with van der Waals surface area (Å²) < 4.78 is 2.43. The van der Waals surface area contributed by atoms with Gasteiger partial charge in [0, 0.05) is 24.7 Å². The number of hydrogen-bond acceptors (Lipinski definition) is 3. The van der Waals surface area contributed by atoms with Crippen LogP contribution in [0, 0.1) is 11.3 Å². The van der Waals surface area contributed by atoms with Gasteiger partial charge in [-0.1, -0.05) is 0 Å². The predicted octanol–water partition coefficient (Wildman–Crippen LogP) is 2.09. The molecule has 0 aromatic carbocycles. The molecule has 1 aromatic rings. The predicted molar refractivity (Wildman–Crippen MR) is 74.0 cm³/mol. The highest BCUT2D eigenvalue weighted by molar-refractivity contribution is 5.24. The lowest BCUT2D eigenvalue weighted by atomic mass is 9.97. The van der Waals surface area contributed by atoms with Crippen molar-refractivity contribution in [1.82, 2.24) is 14.5 Å². The fourth-order valence-electron chi connectivity index (χ4n) is 3.55. The van der Waals surface area contributed by atoms with Gasteiger partial charge in [-0.2, -0.15) is 5.26 Å². The highest BCUT2D eigenvalue weighted by Crippen LogP contribution is 2.30. The molecule has 1 unspecified atom stereocenters. The molecule has 102 valence electrons. The zero-order valence-corrected chi connectivity index (χ0v) is 11.7. The van der Waals surface area contributed by atoms with E-state index in [1.54, 1.807) is 0 Å². The third-order valence-electron chi connectivity index (χ3n) is 4.47. The Kier molecular flexibility index (Phi) is 3.56. The molecule has 0 amide bonds. The van der Waals surface area contributed by atoms with Crippen LogP contribution >= 0.6 is 0 Å². The van der Waals surface area contributed by atoms with E-state index in [1.165, 1.54) is 43.7 Å². The van der Waals surface area contributed by atoms with E-state index >= 15 is 0 Å². The number of nitriles is 1. The third kappa shape index (κ3) is 2.40. The Hall–Kier alpha value is -1.34. The maximum Gasteiger partial charge on any atom is 0.113 e. The van der Waals surface area contributed by atoms with Gasteiger partial charge in [0.25, 0.3) is 0 Å². The molecule has 4 nitrogen and oxygen atoms in total. The van der Waals surface area contributed by atoms with Gasteiger partial charge in [-0.05, 0) is 45.7 Å². The van der Waals surface area contributed by atoms with Crippen molar-refractivity contribution in [3.8, 4) is 6.07 Å². The van der Waals surface area contributed by atoms with Crippen molar-refractivity contribution in [3.63, 3.8) is 0 Å². The molecule has 0 saturated carbocycles. The van der Waals surface area contributed by atoms with Crippen molar-refractivity contribution >= 4 is 0 Å². The first kappa shape index (κ1) is 12.7. The average molecular weight is 258 g/mol. The number of aromatic nitrogens is 2. The van der Waals surface area contributed by atoms with Crippen molar-refractivity contribution in [3.05, 3.63) is 17.2 Å². The van der Waals surface area contributed by atoms with Gasteiger partial charge in [0.2, 0.25) is 0 Å². The van der Waals surface area contributed by atoms with Crippen molar-refractivity contribution in [2.75, 3.05) is 20.1 Å². The highest BCUT2D eigenvalue weighted by Gasteiger charge is 2.27. The first-order chi connectivity index (χ1) is 9.29. The number of piperidine rings is 1. The molecule has 1 atom stereocenters. The standard InChI is InChI=1S/C15H22N4/c1-18-9-4-5-12(11-18)15-17-13(7-8-16)14-6-2-3-10-19(14)15/h12H,2-7,9-11H2,1H3. The minimum absolute atomic E-state index is 0.470. The number of fused-ring (bicyclic) bond motifs is 1. The molecule has 2 aliphatic rings. The second-order valence-electron chi connectivity index (χ2n) is 5.91. The minimum Gasteiger partial charge on any atom is -0.331 e. The van der Waals surface area contributed by atoms with E-state index in [2.05, 4.69) is 22.6 Å². The largest absolute Gasteiger partial charge is 0.331 e. The van der Waals surface area contributed by atoms with Gasteiger partial charge in [0.1, 0.15) is 5.82 Å².